The number of ether oxygens (including phenoxy) is 1. The monoisotopic (exact) mass is 466 g/mol. The molecule has 1 atom stereocenters. The molecule has 0 radical (unpaired) electrons. The fourth-order valence-corrected chi connectivity index (χ4v) is 3.63. The summed E-state index contributed by atoms with van der Waals surface area (Å²) in [5, 5.41) is 15.0. The summed E-state index contributed by atoms with van der Waals surface area (Å²) in [5.74, 6) is -0.953. The Kier molecular flexibility index (Phi) is 9.01. The first-order valence-corrected chi connectivity index (χ1v) is 11.0. The summed E-state index contributed by atoms with van der Waals surface area (Å²) in [6, 6.07) is 21.9. The third-order valence-electron chi connectivity index (χ3n) is 5.21. The lowest BCUT2D eigenvalue weighted by Crippen LogP contribution is -2.43. The maximum atomic E-state index is 12.6. The van der Waals surface area contributed by atoms with Crippen molar-refractivity contribution in [3.8, 4) is 11.1 Å². The first-order valence-electron chi connectivity index (χ1n) is 10.6. The molecule has 0 heterocycles. The van der Waals surface area contributed by atoms with Crippen molar-refractivity contribution in [2.75, 3.05) is 20.3 Å². The summed E-state index contributed by atoms with van der Waals surface area (Å²) in [4.78, 5) is 24.9. The molecule has 0 fully saturated rings. The smallest absolute Gasteiger partial charge is 0.328 e. The van der Waals surface area contributed by atoms with Crippen LogP contribution in [0.25, 0.3) is 11.1 Å². The average molecular weight is 467 g/mol. The van der Waals surface area contributed by atoms with Gasteiger partial charge in [0.05, 0.1) is 24.3 Å². The van der Waals surface area contributed by atoms with Crippen LogP contribution in [0, 0.1) is 0 Å². The largest absolute Gasteiger partial charge is 0.467 e. The van der Waals surface area contributed by atoms with Crippen LogP contribution in [0.3, 0.4) is 0 Å². The van der Waals surface area contributed by atoms with Gasteiger partial charge in [-0.1, -0.05) is 72.3 Å². The number of methoxy groups -OCH3 is 1. The van der Waals surface area contributed by atoms with E-state index < -0.39 is 17.9 Å². The highest BCUT2D eigenvalue weighted by atomic mass is 35.5. The summed E-state index contributed by atoms with van der Waals surface area (Å²) in [6.45, 7) is 1.38. The number of benzene rings is 3. The highest BCUT2D eigenvalue weighted by Gasteiger charge is 2.23. The van der Waals surface area contributed by atoms with E-state index in [1.165, 1.54) is 7.11 Å². The van der Waals surface area contributed by atoms with E-state index in [2.05, 4.69) is 10.6 Å². The Morgan fingerprint density at radius 2 is 1.55 bits per heavy atom. The fraction of sp³-hybridized carbons (Fsp3) is 0.231. The molecule has 1 amide bonds. The zero-order valence-electron chi connectivity index (χ0n) is 18.4. The van der Waals surface area contributed by atoms with Gasteiger partial charge in [0, 0.05) is 19.5 Å². The number of halogens is 1. The normalized spacial score (nSPS) is 11.6. The molecule has 0 aromatic heterocycles. The number of esters is 1. The van der Waals surface area contributed by atoms with Crippen LogP contribution in [-0.4, -0.2) is 43.3 Å². The lowest BCUT2D eigenvalue weighted by atomic mass is 9.99. The number of hydrogen-bond donors (Lipinski definition) is 3. The highest BCUT2D eigenvalue weighted by Crippen LogP contribution is 2.21. The minimum atomic E-state index is -0.838. The molecule has 3 rings (SSSR count). The van der Waals surface area contributed by atoms with Gasteiger partial charge in [0.1, 0.15) is 6.04 Å². The van der Waals surface area contributed by atoms with E-state index in [1.807, 2.05) is 48.5 Å². The van der Waals surface area contributed by atoms with Gasteiger partial charge < -0.3 is 20.5 Å². The van der Waals surface area contributed by atoms with Crippen LogP contribution >= 0.6 is 11.6 Å². The Hall–Kier alpha value is -3.19. The van der Waals surface area contributed by atoms with Gasteiger partial charge in [0.25, 0.3) is 5.91 Å². The lowest BCUT2D eigenvalue weighted by molar-refractivity contribution is -0.142. The van der Waals surface area contributed by atoms with Gasteiger partial charge in [-0.3, -0.25) is 4.79 Å². The van der Waals surface area contributed by atoms with Crippen molar-refractivity contribution in [1.82, 2.24) is 10.6 Å². The van der Waals surface area contributed by atoms with Crippen molar-refractivity contribution >= 4 is 23.5 Å². The number of aliphatic hydroxyl groups is 1. The molecule has 6 nitrogen and oxygen atoms in total. The zero-order valence-corrected chi connectivity index (χ0v) is 19.1. The van der Waals surface area contributed by atoms with E-state index >= 15 is 0 Å². The predicted molar refractivity (Wildman–Crippen MR) is 129 cm³/mol. The summed E-state index contributed by atoms with van der Waals surface area (Å²) < 4.78 is 4.89. The highest BCUT2D eigenvalue weighted by molar-refractivity contribution is 6.33. The van der Waals surface area contributed by atoms with Crippen molar-refractivity contribution < 1.29 is 19.4 Å². The number of carbonyl (C=O) groups excluding carboxylic acids is 2. The number of aliphatic hydroxyl groups excluding tert-OH is 1. The molecule has 0 saturated carbocycles. The molecule has 3 aromatic carbocycles. The van der Waals surface area contributed by atoms with Gasteiger partial charge in [-0.25, -0.2) is 4.79 Å². The van der Waals surface area contributed by atoms with Crippen molar-refractivity contribution in [1.29, 1.82) is 0 Å². The number of nitrogens with one attached hydrogen (secondary N) is 2. The molecular formula is C26H27ClN2O4. The van der Waals surface area contributed by atoms with E-state index in [0.717, 1.165) is 22.3 Å². The van der Waals surface area contributed by atoms with Crippen LogP contribution in [-0.2, 0) is 22.5 Å². The molecule has 0 bridgehead atoms. The van der Waals surface area contributed by atoms with Crippen LogP contribution in [0.1, 0.15) is 21.5 Å². The fourth-order valence-electron chi connectivity index (χ4n) is 3.41. The predicted octanol–water partition coefficient (Wildman–Crippen LogP) is 3.60. The number of hydrogen-bond acceptors (Lipinski definition) is 5. The number of rotatable bonds is 10. The summed E-state index contributed by atoms with van der Waals surface area (Å²) >= 11 is 6.10. The SMILES string of the molecule is COC(=O)[C@H](Cc1ccc(-c2ccc(CNCCO)cc2)cc1)NC(=O)c1ccccc1Cl. The van der Waals surface area contributed by atoms with E-state index in [0.29, 0.717) is 30.1 Å². The molecule has 3 aromatic rings. The van der Waals surface area contributed by atoms with Gasteiger partial charge in [-0.2, -0.15) is 0 Å². The maximum absolute atomic E-state index is 12.6. The van der Waals surface area contributed by atoms with Gasteiger partial charge in [0.15, 0.2) is 0 Å². The van der Waals surface area contributed by atoms with Crippen LogP contribution in [0.2, 0.25) is 5.02 Å². The van der Waals surface area contributed by atoms with E-state index in [-0.39, 0.29) is 6.61 Å². The summed E-state index contributed by atoms with van der Waals surface area (Å²) in [5.41, 5.74) is 4.45. The van der Waals surface area contributed by atoms with Crippen molar-refractivity contribution in [2.45, 2.75) is 19.0 Å². The molecule has 7 heteroatoms. The summed E-state index contributed by atoms with van der Waals surface area (Å²) in [6.07, 6.45) is 0.290. The number of amides is 1. The average Bonchev–Trinajstić information content (AvgIpc) is 2.84. The Balaban J connectivity index is 1.67. The Morgan fingerprint density at radius 1 is 0.939 bits per heavy atom. The first-order chi connectivity index (χ1) is 16.0. The van der Waals surface area contributed by atoms with Crippen LogP contribution in [0.5, 0.6) is 0 Å². The first kappa shape index (κ1) is 24.5. The maximum Gasteiger partial charge on any atom is 0.328 e. The Morgan fingerprint density at radius 3 is 2.12 bits per heavy atom. The standard InChI is InChI=1S/C26H27ClN2O4/c1-33-26(32)24(29-25(31)22-4-2-3-5-23(22)27)16-18-6-10-20(11-7-18)21-12-8-19(9-13-21)17-28-14-15-30/h2-13,24,28,30H,14-17H2,1H3,(H,29,31)/t24-/m0/s1. The molecule has 0 saturated heterocycles. The van der Waals surface area contributed by atoms with Gasteiger partial charge >= 0.3 is 5.97 Å². The molecule has 172 valence electrons. The van der Waals surface area contributed by atoms with Crippen molar-refractivity contribution in [2.24, 2.45) is 0 Å². The zero-order chi connectivity index (χ0) is 23.6. The van der Waals surface area contributed by atoms with E-state index in [1.54, 1.807) is 24.3 Å². The quantitative estimate of drug-likeness (QED) is 0.314. The molecule has 3 N–H and O–H groups in total. The number of carbonyl (C=O) groups is 2. The van der Waals surface area contributed by atoms with Crippen molar-refractivity contribution in [3.63, 3.8) is 0 Å². The molecule has 0 aliphatic carbocycles. The minimum Gasteiger partial charge on any atom is -0.467 e. The molecule has 0 aliphatic rings. The molecule has 33 heavy (non-hydrogen) atoms. The minimum absolute atomic E-state index is 0.116. The van der Waals surface area contributed by atoms with Gasteiger partial charge in [0.2, 0.25) is 0 Å². The van der Waals surface area contributed by atoms with Crippen LogP contribution < -0.4 is 10.6 Å². The third-order valence-corrected chi connectivity index (χ3v) is 5.54. The molecule has 0 spiro atoms. The van der Waals surface area contributed by atoms with E-state index in [9.17, 15) is 9.59 Å². The second kappa shape index (κ2) is 12.2. The second-order valence-corrected chi connectivity index (χ2v) is 7.93. The van der Waals surface area contributed by atoms with E-state index in [4.69, 9.17) is 21.4 Å². The van der Waals surface area contributed by atoms with Gasteiger partial charge in [-0.05, 0) is 34.4 Å². The Labute approximate surface area is 198 Å². The third kappa shape index (κ3) is 6.89. The molecule has 0 unspecified atom stereocenters. The van der Waals surface area contributed by atoms with Gasteiger partial charge in [-0.15, -0.1) is 0 Å². The van der Waals surface area contributed by atoms with Crippen LogP contribution in [0.15, 0.2) is 72.8 Å². The lowest BCUT2D eigenvalue weighted by Gasteiger charge is -2.17. The topological polar surface area (TPSA) is 87.7 Å². The van der Waals surface area contributed by atoms with Crippen molar-refractivity contribution in [3.05, 3.63) is 94.5 Å². The van der Waals surface area contributed by atoms with Crippen LogP contribution in [0.4, 0.5) is 0 Å². The molecular weight excluding hydrogens is 440 g/mol. The second-order valence-electron chi connectivity index (χ2n) is 7.53. The molecule has 0 aliphatic heterocycles. The Bertz CT molecular complexity index is 1070. The summed E-state index contributed by atoms with van der Waals surface area (Å²) in [7, 11) is 1.29.